The number of pyridine rings is 1. The lowest BCUT2D eigenvalue weighted by atomic mass is 9.65. The second-order valence-electron chi connectivity index (χ2n) is 22.4. The second kappa shape index (κ2) is 19.5. The summed E-state index contributed by atoms with van der Waals surface area (Å²) >= 11 is 6.47. The standard InChI is InChI=1S/C56H66ClFN10O5/c1-2-36-4-3-5-37-26-41(69)28-42(47(36)37)49-48(58)50-43(29-59-49)51(67-31-39-7-8-40(32-67)60-39)63-53(62-50)73-34-56(15-16-56)33-65-24-22-64(23-25-65)30-35-10-13-55(14-11-35)17-20-66(21-18-55)52(71)38-6-9-44(57)45(27-38)68-19-12-46(70)61-54(68)72/h3-6,9,26-29,35,39-40,60,69H,2,7-8,10-25,30-34H2,1H3,(H,61,70,72). The predicted octanol–water partition coefficient (Wildman–Crippen LogP) is 8.18. The predicted molar refractivity (Wildman–Crippen MR) is 280 cm³/mol. The Labute approximate surface area is 430 Å². The van der Waals surface area contributed by atoms with Gasteiger partial charge in [-0.3, -0.25) is 24.8 Å². The number of likely N-dealkylation sites (tertiary alicyclic amines) is 1. The van der Waals surface area contributed by atoms with Crippen molar-refractivity contribution in [3.8, 4) is 23.0 Å². The van der Waals surface area contributed by atoms with Crippen molar-refractivity contribution < 1.29 is 28.6 Å². The van der Waals surface area contributed by atoms with E-state index in [1.54, 1.807) is 36.5 Å². The summed E-state index contributed by atoms with van der Waals surface area (Å²) in [7, 11) is 0. The first-order valence-corrected chi connectivity index (χ1v) is 27.2. The number of nitrogens with zero attached hydrogens (tertiary/aromatic N) is 8. The van der Waals surface area contributed by atoms with Gasteiger partial charge in [-0.1, -0.05) is 36.7 Å². The molecule has 3 N–H and O–H groups in total. The number of aromatic hydroxyl groups is 1. The number of phenolic OH excluding ortho intramolecular Hbond substituents is 1. The Bertz CT molecular complexity index is 2950. The molecule has 7 fully saturated rings. The van der Waals surface area contributed by atoms with Gasteiger partial charge in [-0.05, 0) is 129 Å². The molecule has 17 heteroatoms. The van der Waals surface area contributed by atoms with Crippen molar-refractivity contribution in [3.05, 3.63) is 76.7 Å². The third kappa shape index (κ3) is 9.68. The van der Waals surface area contributed by atoms with Crippen LogP contribution in [0.3, 0.4) is 0 Å². The monoisotopic (exact) mass is 1010 g/mol. The highest BCUT2D eigenvalue weighted by Gasteiger charge is 2.46. The molecule has 2 saturated carbocycles. The number of imide groups is 1. The Balaban J connectivity index is 0.652. The van der Waals surface area contributed by atoms with E-state index in [0.29, 0.717) is 57.6 Å². The Morgan fingerprint density at radius 2 is 1.64 bits per heavy atom. The van der Waals surface area contributed by atoms with Crippen LogP contribution in [-0.4, -0.2) is 143 Å². The van der Waals surface area contributed by atoms with Gasteiger partial charge >= 0.3 is 12.0 Å². The van der Waals surface area contributed by atoms with E-state index in [9.17, 15) is 19.5 Å². The van der Waals surface area contributed by atoms with Gasteiger partial charge in [0.25, 0.3) is 5.91 Å². The molecule has 1 spiro atoms. The average Bonchev–Trinajstić information content (AvgIpc) is 4.08. The van der Waals surface area contributed by atoms with E-state index in [4.69, 9.17) is 31.3 Å². The van der Waals surface area contributed by atoms with E-state index >= 15 is 4.39 Å². The van der Waals surface area contributed by atoms with Crippen molar-refractivity contribution >= 4 is 62.6 Å². The highest BCUT2D eigenvalue weighted by Crippen LogP contribution is 2.49. The van der Waals surface area contributed by atoms with Crippen LogP contribution in [0.1, 0.15) is 93.5 Å². The number of aromatic nitrogens is 3. The number of benzene rings is 3. The zero-order chi connectivity index (χ0) is 50.0. The maximum atomic E-state index is 17.2. The molecule has 5 aromatic rings. The first-order valence-electron chi connectivity index (χ1n) is 26.8. The van der Waals surface area contributed by atoms with Crippen LogP contribution in [0.15, 0.2) is 54.7 Å². The number of carbonyl (C=O) groups is 3. The number of hydrogen-bond donors (Lipinski definition) is 3. The molecule has 73 heavy (non-hydrogen) atoms. The van der Waals surface area contributed by atoms with Gasteiger partial charge in [-0.15, -0.1) is 0 Å². The van der Waals surface area contributed by atoms with Gasteiger partial charge in [0.05, 0.1) is 22.7 Å². The third-order valence-corrected chi connectivity index (χ3v) is 18.0. The fraction of sp³-hybridized carbons (Fsp3) is 0.536. The number of fused-ring (bicyclic) bond motifs is 4. The highest BCUT2D eigenvalue weighted by atomic mass is 35.5. The van der Waals surface area contributed by atoms with Gasteiger partial charge in [-0.25, -0.2) is 9.18 Å². The Morgan fingerprint density at radius 3 is 2.37 bits per heavy atom. The number of phenols is 1. The van der Waals surface area contributed by atoms with Gasteiger partial charge in [0.2, 0.25) is 5.91 Å². The summed E-state index contributed by atoms with van der Waals surface area (Å²) < 4.78 is 23.8. The molecule has 15 nitrogen and oxygen atoms in total. The molecule has 384 valence electrons. The molecule has 2 aromatic heterocycles. The van der Waals surface area contributed by atoms with E-state index in [1.165, 1.54) is 30.6 Å². The minimum absolute atomic E-state index is 0.0113. The van der Waals surface area contributed by atoms with Crippen LogP contribution >= 0.6 is 11.6 Å². The van der Waals surface area contributed by atoms with E-state index in [-0.39, 0.29) is 58.6 Å². The number of anilines is 2. The Morgan fingerprint density at radius 1 is 0.890 bits per heavy atom. The summed E-state index contributed by atoms with van der Waals surface area (Å²) in [5, 5.41) is 19.5. The van der Waals surface area contributed by atoms with Gasteiger partial charge in [0.1, 0.15) is 22.8 Å². The Hall–Kier alpha value is -5.68. The molecule has 3 aromatic carbocycles. The molecule has 2 unspecified atom stereocenters. The highest BCUT2D eigenvalue weighted by molar-refractivity contribution is 6.34. The minimum atomic E-state index is -0.539. The first kappa shape index (κ1) is 48.3. The van der Waals surface area contributed by atoms with Crippen LogP contribution in [0.25, 0.3) is 32.9 Å². The number of halogens is 2. The number of rotatable bonds is 12. The summed E-state index contributed by atoms with van der Waals surface area (Å²) in [5.74, 6) is 0.503. The van der Waals surface area contributed by atoms with Crippen molar-refractivity contribution in [1.29, 1.82) is 0 Å². The molecule has 2 atom stereocenters. The lowest BCUT2D eigenvalue weighted by Crippen LogP contribution is -2.51. The number of urea groups is 1. The molecule has 0 radical (unpaired) electrons. The smallest absolute Gasteiger partial charge is 0.328 e. The molecule has 12 rings (SSSR count). The number of piperazine rings is 2. The van der Waals surface area contributed by atoms with E-state index < -0.39 is 11.8 Å². The second-order valence-corrected chi connectivity index (χ2v) is 22.8. The number of carbonyl (C=O) groups excluding carboxylic acids is 3. The van der Waals surface area contributed by atoms with Crippen molar-refractivity contribution in [2.75, 3.05) is 88.4 Å². The molecular weight excluding hydrogens is 947 g/mol. The van der Waals surface area contributed by atoms with E-state index in [1.807, 2.05) is 23.1 Å². The molecular formula is C56H66ClFN10O5. The summed E-state index contributed by atoms with van der Waals surface area (Å²) in [6.45, 7) is 12.0. The molecule has 4 amide bonds. The first-order chi connectivity index (χ1) is 35.4. The summed E-state index contributed by atoms with van der Waals surface area (Å²) in [6, 6.07) is 14.7. The van der Waals surface area contributed by atoms with Crippen molar-refractivity contribution in [2.45, 2.75) is 96.1 Å². The van der Waals surface area contributed by atoms with Crippen molar-refractivity contribution in [3.63, 3.8) is 0 Å². The average molecular weight is 1010 g/mol. The summed E-state index contributed by atoms with van der Waals surface area (Å²) in [6.07, 6.45) is 13.8. The SMILES string of the molecule is CCc1cccc2cc(O)cc(-c3ncc4c(N5CC6CCC(C5)N6)nc(OCC5(CN6CCN(CC7CCC8(CC7)CCN(C(=O)c7ccc(Cl)c(N9CCC(=O)NC9=O)c7)CC8)CC6)CC5)nc4c3F)c12. The lowest BCUT2D eigenvalue weighted by Gasteiger charge is -2.47. The van der Waals surface area contributed by atoms with E-state index in [2.05, 4.69) is 32.3 Å². The lowest BCUT2D eigenvalue weighted by molar-refractivity contribution is -0.120. The molecule has 5 saturated heterocycles. The minimum Gasteiger partial charge on any atom is -0.508 e. The topological polar surface area (TPSA) is 160 Å². The van der Waals surface area contributed by atoms with Crippen molar-refractivity contribution in [2.24, 2.45) is 16.7 Å². The van der Waals surface area contributed by atoms with Crippen molar-refractivity contribution in [1.82, 2.24) is 40.3 Å². The fourth-order valence-corrected chi connectivity index (χ4v) is 13.4. The Kier molecular flexibility index (Phi) is 12.9. The number of piperidine rings is 1. The quantitative estimate of drug-likeness (QED) is 0.110. The third-order valence-electron chi connectivity index (χ3n) is 17.7. The summed E-state index contributed by atoms with van der Waals surface area (Å²) in [4.78, 5) is 63.5. The van der Waals surface area contributed by atoms with Gasteiger partial charge < -0.3 is 34.8 Å². The molecule has 7 heterocycles. The summed E-state index contributed by atoms with van der Waals surface area (Å²) in [5.41, 5.74) is 3.19. The number of amides is 4. The zero-order valence-electron chi connectivity index (χ0n) is 41.8. The molecule has 2 aliphatic carbocycles. The molecule has 5 aliphatic heterocycles. The maximum absolute atomic E-state index is 17.2. The molecule has 7 aliphatic rings. The zero-order valence-corrected chi connectivity index (χ0v) is 42.6. The number of ether oxygens (including phenoxy) is 1. The number of nitrogens with one attached hydrogen (secondary N) is 2. The number of aryl methyl sites for hydroxylation is 1. The number of hydrogen-bond acceptors (Lipinski definition) is 12. The van der Waals surface area contributed by atoms with Crippen LogP contribution in [0, 0.1) is 22.6 Å². The van der Waals surface area contributed by atoms with E-state index in [0.717, 1.165) is 127 Å². The maximum Gasteiger partial charge on any atom is 0.328 e. The van der Waals surface area contributed by atoms with Crippen LogP contribution in [0.4, 0.5) is 20.7 Å². The largest absolute Gasteiger partial charge is 0.508 e. The van der Waals surface area contributed by atoms with Crippen LogP contribution in [0.5, 0.6) is 11.8 Å². The van der Waals surface area contributed by atoms with Crippen LogP contribution < -0.4 is 25.2 Å². The van der Waals surface area contributed by atoms with Gasteiger partial charge in [0, 0.05) is 113 Å². The normalized spacial score (nSPS) is 23.4. The fourth-order valence-electron chi connectivity index (χ4n) is 13.2. The van der Waals surface area contributed by atoms with Crippen LogP contribution in [-0.2, 0) is 11.2 Å². The van der Waals surface area contributed by atoms with Crippen LogP contribution in [0.2, 0.25) is 5.02 Å². The molecule has 2 bridgehead atoms. The van der Waals surface area contributed by atoms with Gasteiger partial charge in [-0.2, -0.15) is 9.97 Å². The van der Waals surface area contributed by atoms with Gasteiger partial charge in [0.15, 0.2) is 5.82 Å².